The number of ether oxygens (including phenoxy) is 2. The maximum Gasteiger partial charge on any atom is 0.407 e. The van der Waals surface area contributed by atoms with Crippen molar-refractivity contribution < 1.29 is 23.5 Å². The van der Waals surface area contributed by atoms with Crippen LogP contribution in [0.5, 0.6) is 5.75 Å². The average Bonchev–Trinajstić information content (AvgIpc) is 2.76. The molecule has 1 aromatic heterocycles. The van der Waals surface area contributed by atoms with E-state index in [0.29, 0.717) is 17.4 Å². The van der Waals surface area contributed by atoms with Crippen molar-refractivity contribution in [3.63, 3.8) is 0 Å². The Labute approximate surface area is 187 Å². The summed E-state index contributed by atoms with van der Waals surface area (Å²) in [5.41, 5.74) is 0.929. The van der Waals surface area contributed by atoms with E-state index in [1.807, 2.05) is 30.3 Å². The number of nitrogens with one attached hydrogen (secondary N) is 1. The van der Waals surface area contributed by atoms with Crippen molar-refractivity contribution in [3.8, 4) is 5.75 Å². The normalized spacial score (nSPS) is 10.7. The summed E-state index contributed by atoms with van der Waals surface area (Å²) >= 11 is 12.1. The van der Waals surface area contributed by atoms with Crippen LogP contribution in [0.2, 0.25) is 10.0 Å². The van der Waals surface area contributed by atoms with Crippen LogP contribution in [-0.2, 0) is 16.1 Å². The third kappa shape index (κ3) is 5.99. The Hall–Kier alpha value is -3.03. The number of halogens is 2. The Balaban J connectivity index is 1.48. The van der Waals surface area contributed by atoms with Gasteiger partial charge in [0, 0.05) is 24.4 Å². The van der Waals surface area contributed by atoms with Gasteiger partial charge in [-0.05, 0) is 30.5 Å². The summed E-state index contributed by atoms with van der Waals surface area (Å²) in [6.45, 7) is 2.07. The molecule has 0 aliphatic heterocycles. The molecule has 1 heterocycles. The van der Waals surface area contributed by atoms with Gasteiger partial charge in [0.2, 0.25) is 0 Å². The maximum absolute atomic E-state index is 12.1. The molecule has 7 nitrogen and oxygen atoms in total. The van der Waals surface area contributed by atoms with Crippen LogP contribution < -0.4 is 15.7 Å². The van der Waals surface area contributed by atoms with Gasteiger partial charge < -0.3 is 19.2 Å². The zero-order valence-electron chi connectivity index (χ0n) is 16.6. The van der Waals surface area contributed by atoms with Gasteiger partial charge in [0.25, 0.3) is 0 Å². The summed E-state index contributed by atoms with van der Waals surface area (Å²) in [4.78, 5) is 35.5. The van der Waals surface area contributed by atoms with E-state index in [9.17, 15) is 14.4 Å². The molecule has 3 aromatic rings. The number of carbonyl (C=O) groups is 2. The molecule has 9 heteroatoms. The van der Waals surface area contributed by atoms with E-state index in [4.69, 9.17) is 37.1 Å². The highest BCUT2D eigenvalue weighted by Crippen LogP contribution is 2.33. The van der Waals surface area contributed by atoms with Crippen molar-refractivity contribution in [2.75, 3.05) is 6.54 Å². The van der Waals surface area contributed by atoms with Crippen molar-refractivity contribution in [2.45, 2.75) is 26.4 Å². The molecule has 0 atom stereocenters. The topological polar surface area (TPSA) is 94.8 Å². The number of fused-ring (bicyclic) bond motifs is 1. The van der Waals surface area contributed by atoms with Gasteiger partial charge in [-0.2, -0.15) is 0 Å². The zero-order valence-corrected chi connectivity index (χ0v) is 18.1. The minimum absolute atomic E-state index is 0.0249. The molecular formula is C22H19Cl2NO6. The van der Waals surface area contributed by atoms with E-state index >= 15 is 0 Å². The Kier molecular flexibility index (Phi) is 7.55. The number of amides is 1. The minimum Gasteiger partial charge on any atom is -0.445 e. The van der Waals surface area contributed by atoms with Gasteiger partial charge in [0.05, 0.1) is 5.02 Å². The predicted molar refractivity (Wildman–Crippen MR) is 117 cm³/mol. The van der Waals surface area contributed by atoms with E-state index in [1.54, 1.807) is 6.92 Å². The fraction of sp³-hybridized carbons (Fsp3) is 0.227. The molecule has 1 N–H and O–H groups in total. The number of esters is 1. The molecule has 3 rings (SSSR count). The zero-order chi connectivity index (χ0) is 22.4. The van der Waals surface area contributed by atoms with Crippen molar-refractivity contribution in [2.24, 2.45) is 0 Å². The molecule has 31 heavy (non-hydrogen) atoms. The van der Waals surface area contributed by atoms with Crippen LogP contribution in [0, 0.1) is 6.92 Å². The van der Waals surface area contributed by atoms with Crippen LogP contribution in [0.4, 0.5) is 4.79 Å². The quantitative estimate of drug-likeness (QED) is 0.228. The number of rotatable bonds is 7. The number of hydrogen-bond acceptors (Lipinski definition) is 6. The molecule has 1 amide bonds. The predicted octanol–water partition coefficient (Wildman–Crippen LogP) is 5.02. The van der Waals surface area contributed by atoms with E-state index in [0.717, 1.165) is 5.56 Å². The second-order valence-corrected chi connectivity index (χ2v) is 7.46. The lowest BCUT2D eigenvalue weighted by Crippen LogP contribution is -2.26. The van der Waals surface area contributed by atoms with Gasteiger partial charge >= 0.3 is 17.7 Å². The fourth-order valence-electron chi connectivity index (χ4n) is 2.78. The molecule has 0 bridgehead atoms. The molecule has 0 saturated heterocycles. The number of hydrogen-bond donors (Lipinski definition) is 1. The van der Waals surface area contributed by atoms with Crippen LogP contribution >= 0.6 is 23.2 Å². The molecule has 0 saturated carbocycles. The van der Waals surface area contributed by atoms with Crippen LogP contribution in [0.3, 0.4) is 0 Å². The molecule has 0 aliphatic rings. The fourth-order valence-corrected chi connectivity index (χ4v) is 3.12. The first-order valence-electron chi connectivity index (χ1n) is 9.43. The first kappa shape index (κ1) is 22.7. The Morgan fingerprint density at radius 2 is 1.87 bits per heavy atom. The van der Waals surface area contributed by atoms with E-state index in [-0.39, 0.29) is 41.0 Å². The van der Waals surface area contributed by atoms with Crippen molar-refractivity contribution >= 4 is 46.2 Å². The van der Waals surface area contributed by atoms with E-state index in [2.05, 4.69) is 5.32 Å². The van der Waals surface area contributed by atoms with Crippen LogP contribution in [0.25, 0.3) is 11.0 Å². The lowest BCUT2D eigenvalue weighted by Gasteiger charge is -2.10. The van der Waals surface area contributed by atoms with Crippen LogP contribution in [0.1, 0.15) is 24.0 Å². The maximum atomic E-state index is 12.1. The lowest BCUT2D eigenvalue weighted by molar-refractivity contribution is -0.134. The van der Waals surface area contributed by atoms with Crippen LogP contribution in [0.15, 0.2) is 51.7 Å². The molecule has 0 unspecified atom stereocenters. The SMILES string of the molecule is Cc1c(Cl)c(=O)oc2cc(OC(=O)CCCNC(=O)OCc3ccccc3)c(Cl)cc12. The average molecular weight is 464 g/mol. The summed E-state index contributed by atoms with van der Waals surface area (Å²) in [7, 11) is 0. The van der Waals surface area contributed by atoms with Gasteiger partial charge in [0.1, 0.15) is 17.2 Å². The molecular weight excluding hydrogens is 445 g/mol. The largest absolute Gasteiger partial charge is 0.445 e. The summed E-state index contributed by atoms with van der Waals surface area (Å²) in [5.74, 6) is -0.479. The van der Waals surface area contributed by atoms with Gasteiger partial charge in [-0.15, -0.1) is 0 Å². The molecule has 0 spiro atoms. The third-order valence-corrected chi connectivity index (χ3v) is 5.15. The highest BCUT2D eigenvalue weighted by molar-refractivity contribution is 6.34. The number of alkyl carbamates (subject to hydrolysis) is 1. The minimum atomic E-state index is -0.684. The first-order valence-corrected chi connectivity index (χ1v) is 10.2. The molecule has 162 valence electrons. The second-order valence-electron chi connectivity index (χ2n) is 6.67. The van der Waals surface area contributed by atoms with Gasteiger partial charge in [-0.25, -0.2) is 9.59 Å². The molecule has 2 aromatic carbocycles. The highest BCUT2D eigenvalue weighted by Gasteiger charge is 2.15. The summed E-state index contributed by atoms with van der Waals surface area (Å²) < 4.78 is 15.5. The molecule has 0 radical (unpaired) electrons. The van der Waals surface area contributed by atoms with Crippen LogP contribution in [-0.4, -0.2) is 18.6 Å². The smallest absolute Gasteiger partial charge is 0.407 e. The number of aryl methyl sites for hydroxylation is 1. The number of carbonyl (C=O) groups excluding carboxylic acids is 2. The Bertz CT molecular complexity index is 1160. The number of benzene rings is 2. The van der Waals surface area contributed by atoms with E-state index in [1.165, 1.54) is 12.1 Å². The van der Waals surface area contributed by atoms with Gasteiger partial charge in [-0.3, -0.25) is 4.79 Å². The second kappa shape index (κ2) is 10.3. The first-order chi connectivity index (χ1) is 14.8. The monoisotopic (exact) mass is 463 g/mol. The van der Waals surface area contributed by atoms with Gasteiger partial charge in [-0.1, -0.05) is 53.5 Å². The Morgan fingerprint density at radius 1 is 1.13 bits per heavy atom. The third-order valence-electron chi connectivity index (χ3n) is 4.41. The highest BCUT2D eigenvalue weighted by atomic mass is 35.5. The van der Waals surface area contributed by atoms with Crippen molar-refractivity contribution in [1.29, 1.82) is 0 Å². The Morgan fingerprint density at radius 3 is 2.61 bits per heavy atom. The van der Waals surface area contributed by atoms with Crippen molar-refractivity contribution in [1.82, 2.24) is 5.32 Å². The molecule has 0 aliphatic carbocycles. The standard InChI is InChI=1S/C22H19Cl2NO6/c1-13-15-10-16(23)18(11-17(15)31-21(27)20(13)24)30-19(26)8-5-9-25-22(28)29-12-14-6-3-2-4-7-14/h2-4,6-7,10-11H,5,8-9,12H2,1H3,(H,25,28). The van der Waals surface area contributed by atoms with E-state index < -0.39 is 17.7 Å². The molecule has 0 fully saturated rings. The summed E-state index contributed by atoms with van der Waals surface area (Å²) in [6, 6.07) is 12.2. The summed E-state index contributed by atoms with van der Waals surface area (Å²) in [5, 5.41) is 3.27. The lowest BCUT2D eigenvalue weighted by atomic mass is 10.1. The summed E-state index contributed by atoms with van der Waals surface area (Å²) in [6.07, 6.45) is -0.190. The van der Waals surface area contributed by atoms with Gasteiger partial charge in [0.15, 0.2) is 5.75 Å². The van der Waals surface area contributed by atoms with Crippen molar-refractivity contribution in [3.05, 3.63) is 74.1 Å².